The molecule has 2 rings (SSSR count). The van der Waals surface area contributed by atoms with E-state index in [4.69, 9.17) is 0 Å². The van der Waals surface area contributed by atoms with E-state index < -0.39 is 0 Å². The van der Waals surface area contributed by atoms with Crippen LogP contribution in [0.3, 0.4) is 0 Å². The van der Waals surface area contributed by atoms with Crippen LogP contribution in [0.2, 0.25) is 0 Å². The molecule has 0 spiro atoms. The molecule has 0 saturated carbocycles. The highest BCUT2D eigenvalue weighted by molar-refractivity contribution is 5.16. The fourth-order valence-electron chi connectivity index (χ4n) is 2.39. The molecule has 0 radical (unpaired) electrons. The van der Waals surface area contributed by atoms with E-state index in [9.17, 15) is 0 Å². The van der Waals surface area contributed by atoms with Gasteiger partial charge in [-0.05, 0) is 30.1 Å². The van der Waals surface area contributed by atoms with Crippen LogP contribution in [-0.2, 0) is 0 Å². The maximum absolute atomic E-state index is 2.41. The Labute approximate surface area is 69.0 Å². The smallest absolute Gasteiger partial charge is 0.0113 e. The van der Waals surface area contributed by atoms with Gasteiger partial charge in [0.25, 0.3) is 0 Å². The Bertz CT molecular complexity index is 208. The highest BCUT2D eigenvalue weighted by Gasteiger charge is 2.36. The minimum atomic E-state index is 0.506. The third-order valence-corrected chi connectivity index (χ3v) is 3.14. The average Bonchev–Trinajstić information content (AvgIpc) is 2.34. The van der Waals surface area contributed by atoms with Crippen LogP contribution in [0.25, 0.3) is 0 Å². The summed E-state index contributed by atoms with van der Waals surface area (Å²) >= 11 is 0. The molecule has 2 aliphatic carbocycles. The lowest BCUT2D eigenvalue weighted by Gasteiger charge is -2.36. The molecule has 60 valence electrons. The van der Waals surface area contributed by atoms with E-state index >= 15 is 0 Å². The minimum absolute atomic E-state index is 0.506. The van der Waals surface area contributed by atoms with Crippen molar-refractivity contribution in [1.29, 1.82) is 0 Å². The normalized spacial score (nSPS) is 39.1. The van der Waals surface area contributed by atoms with E-state index in [1.54, 1.807) is 0 Å². The van der Waals surface area contributed by atoms with Gasteiger partial charge in [-0.15, -0.1) is 0 Å². The van der Waals surface area contributed by atoms with E-state index in [0.717, 1.165) is 11.8 Å². The first-order chi connectivity index (χ1) is 5.20. The Balaban J connectivity index is 2.29. The quantitative estimate of drug-likeness (QED) is 0.463. The second kappa shape index (κ2) is 2.23. The van der Waals surface area contributed by atoms with Gasteiger partial charge in [-0.2, -0.15) is 0 Å². The van der Waals surface area contributed by atoms with Gasteiger partial charge < -0.3 is 0 Å². The summed E-state index contributed by atoms with van der Waals surface area (Å²) in [5, 5.41) is 0. The fourth-order valence-corrected chi connectivity index (χ4v) is 2.39. The third-order valence-electron chi connectivity index (χ3n) is 3.14. The monoisotopic (exact) mass is 148 g/mol. The summed E-state index contributed by atoms with van der Waals surface area (Å²) in [5.74, 6) is 1.63. The molecule has 11 heavy (non-hydrogen) atoms. The number of hydrogen-bond donors (Lipinski definition) is 0. The Morgan fingerprint density at radius 3 is 2.73 bits per heavy atom. The molecule has 2 aliphatic rings. The van der Waals surface area contributed by atoms with Crippen LogP contribution in [0.5, 0.6) is 0 Å². The summed E-state index contributed by atoms with van der Waals surface area (Å²) in [6, 6.07) is 0. The first-order valence-corrected chi connectivity index (χ1v) is 4.53. The molecule has 0 saturated heterocycles. The molecule has 0 bridgehead atoms. The van der Waals surface area contributed by atoms with Gasteiger partial charge in [-0.25, -0.2) is 0 Å². The number of hydrogen-bond acceptors (Lipinski definition) is 0. The van der Waals surface area contributed by atoms with Gasteiger partial charge in [0.05, 0.1) is 0 Å². The average molecular weight is 148 g/mol. The summed E-state index contributed by atoms with van der Waals surface area (Å²) in [7, 11) is 0. The first-order valence-electron chi connectivity index (χ1n) is 4.53. The maximum Gasteiger partial charge on any atom is -0.0113 e. The summed E-state index contributed by atoms with van der Waals surface area (Å²) < 4.78 is 0. The highest BCUT2D eigenvalue weighted by atomic mass is 14.4. The van der Waals surface area contributed by atoms with Crippen LogP contribution < -0.4 is 0 Å². The van der Waals surface area contributed by atoms with Crippen molar-refractivity contribution in [2.24, 2.45) is 17.3 Å². The Kier molecular flexibility index (Phi) is 1.45. The topological polar surface area (TPSA) is 0 Å². The lowest BCUT2D eigenvalue weighted by Crippen LogP contribution is -2.28. The van der Waals surface area contributed by atoms with Gasteiger partial charge in [-0.1, -0.05) is 38.2 Å². The minimum Gasteiger partial charge on any atom is -0.0877 e. The van der Waals surface area contributed by atoms with Crippen molar-refractivity contribution in [3.63, 3.8) is 0 Å². The molecular weight excluding hydrogens is 132 g/mol. The fraction of sp³-hybridized carbons (Fsp3) is 0.636. The molecule has 0 aromatic heterocycles. The summed E-state index contributed by atoms with van der Waals surface area (Å²) in [5.41, 5.74) is 0.506. The number of allylic oxidation sites excluding steroid dienone is 4. The zero-order chi connectivity index (χ0) is 7.90. The standard InChI is InChI=1S/C11H16/c1-11(2)8-4-6-9-5-3-7-10(9)11/h3-4,6-7,9-10H,5,8H2,1-2H3. The molecule has 0 N–H and O–H groups in total. The van der Waals surface area contributed by atoms with Crippen molar-refractivity contribution < 1.29 is 0 Å². The third kappa shape index (κ3) is 1.05. The van der Waals surface area contributed by atoms with Gasteiger partial charge >= 0.3 is 0 Å². The molecule has 2 atom stereocenters. The van der Waals surface area contributed by atoms with Crippen LogP contribution in [0.4, 0.5) is 0 Å². The van der Waals surface area contributed by atoms with Crippen molar-refractivity contribution in [2.45, 2.75) is 26.7 Å². The van der Waals surface area contributed by atoms with Gasteiger partial charge in [-0.3, -0.25) is 0 Å². The molecule has 0 aromatic carbocycles. The van der Waals surface area contributed by atoms with E-state index in [-0.39, 0.29) is 0 Å². The van der Waals surface area contributed by atoms with E-state index in [1.165, 1.54) is 12.8 Å². The molecule has 0 heteroatoms. The predicted octanol–water partition coefficient (Wildman–Crippen LogP) is 3.16. The van der Waals surface area contributed by atoms with Crippen molar-refractivity contribution in [3.8, 4) is 0 Å². The van der Waals surface area contributed by atoms with Crippen LogP contribution in [0.1, 0.15) is 26.7 Å². The lowest BCUT2D eigenvalue weighted by atomic mass is 9.68. The molecule has 0 nitrogen and oxygen atoms in total. The molecule has 0 heterocycles. The summed E-state index contributed by atoms with van der Waals surface area (Å²) in [6.07, 6.45) is 12.0. The van der Waals surface area contributed by atoms with Crippen molar-refractivity contribution in [1.82, 2.24) is 0 Å². The second-order valence-corrected chi connectivity index (χ2v) is 4.47. The molecule has 2 unspecified atom stereocenters. The van der Waals surface area contributed by atoms with E-state index in [0.29, 0.717) is 5.41 Å². The number of rotatable bonds is 0. The Morgan fingerprint density at radius 1 is 1.18 bits per heavy atom. The van der Waals surface area contributed by atoms with Crippen molar-refractivity contribution >= 4 is 0 Å². The molecule has 0 amide bonds. The lowest BCUT2D eigenvalue weighted by molar-refractivity contribution is 0.210. The van der Waals surface area contributed by atoms with Crippen LogP contribution >= 0.6 is 0 Å². The van der Waals surface area contributed by atoms with E-state index in [2.05, 4.69) is 38.2 Å². The molecule has 0 aliphatic heterocycles. The van der Waals surface area contributed by atoms with Crippen molar-refractivity contribution in [2.75, 3.05) is 0 Å². The van der Waals surface area contributed by atoms with Gasteiger partial charge in [0.15, 0.2) is 0 Å². The van der Waals surface area contributed by atoms with Gasteiger partial charge in [0, 0.05) is 0 Å². The summed E-state index contributed by atoms with van der Waals surface area (Å²) in [6.45, 7) is 4.76. The molecular formula is C11H16. The highest BCUT2D eigenvalue weighted by Crippen LogP contribution is 2.45. The zero-order valence-corrected chi connectivity index (χ0v) is 7.38. The first kappa shape index (κ1) is 7.15. The van der Waals surface area contributed by atoms with Crippen molar-refractivity contribution in [3.05, 3.63) is 24.3 Å². The zero-order valence-electron chi connectivity index (χ0n) is 7.38. The largest absolute Gasteiger partial charge is 0.0877 e. The molecule has 0 aromatic rings. The number of fused-ring (bicyclic) bond motifs is 1. The van der Waals surface area contributed by atoms with Gasteiger partial charge in [0.2, 0.25) is 0 Å². The molecule has 0 fully saturated rings. The Hall–Kier alpha value is -0.520. The Morgan fingerprint density at radius 2 is 2.00 bits per heavy atom. The predicted molar refractivity (Wildman–Crippen MR) is 48.3 cm³/mol. The van der Waals surface area contributed by atoms with Gasteiger partial charge in [0.1, 0.15) is 0 Å². The van der Waals surface area contributed by atoms with E-state index in [1.807, 2.05) is 0 Å². The maximum atomic E-state index is 2.41. The van der Waals surface area contributed by atoms with Crippen LogP contribution in [0, 0.1) is 17.3 Å². The van der Waals surface area contributed by atoms with Crippen LogP contribution in [-0.4, -0.2) is 0 Å². The SMILES string of the molecule is CC1(C)CC=CC2CC=CC21. The summed E-state index contributed by atoms with van der Waals surface area (Å²) in [4.78, 5) is 0. The second-order valence-electron chi connectivity index (χ2n) is 4.47. The van der Waals surface area contributed by atoms with Crippen LogP contribution in [0.15, 0.2) is 24.3 Å².